The standard InChI is InChI=1S/C13H19F4N3O/c1-2-19-10(6-9-4-3-5-20-11(9)18)7-21-8-13(16,17)12(14)15/h3-5,10,12,19H,2,6-8H2,1H3,(H2,18,20). The molecule has 0 saturated heterocycles. The number of nitrogen functional groups attached to an aromatic ring is 1. The van der Waals surface area contributed by atoms with Crippen molar-refractivity contribution in [1.29, 1.82) is 0 Å². The van der Waals surface area contributed by atoms with Gasteiger partial charge in [0.2, 0.25) is 0 Å². The maximum atomic E-state index is 12.7. The van der Waals surface area contributed by atoms with Gasteiger partial charge in [-0.1, -0.05) is 13.0 Å². The Morgan fingerprint density at radius 3 is 2.71 bits per heavy atom. The van der Waals surface area contributed by atoms with Crippen LogP contribution < -0.4 is 11.1 Å². The molecular weight excluding hydrogens is 290 g/mol. The molecule has 0 saturated carbocycles. The van der Waals surface area contributed by atoms with Crippen molar-refractivity contribution in [3.05, 3.63) is 23.9 Å². The van der Waals surface area contributed by atoms with E-state index in [1.165, 1.54) is 0 Å². The van der Waals surface area contributed by atoms with Gasteiger partial charge in [0, 0.05) is 12.2 Å². The summed E-state index contributed by atoms with van der Waals surface area (Å²) in [7, 11) is 0. The van der Waals surface area contributed by atoms with E-state index in [0.717, 1.165) is 5.56 Å². The van der Waals surface area contributed by atoms with Crippen LogP contribution in [0.25, 0.3) is 0 Å². The Morgan fingerprint density at radius 2 is 2.14 bits per heavy atom. The molecule has 0 aliphatic carbocycles. The van der Waals surface area contributed by atoms with E-state index in [9.17, 15) is 17.6 Å². The highest BCUT2D eigenvalue weighted by Gasteiger charge is 2.41. The maximum absolute atomic E-state index is 12.7. The van der Waals surface area contributed by atoms with Gasteiger partial charge in [0.1, 0.15) is 12.4 Å². The van der Waals surface area contributed by atoms with Gasteiger partial charge in [-0.3, -0.25) is 0 Å². The molecule has 1 aromatic rings. The minimum atomic E-state index is -4.13. The summed E-state index contributed by atoms with van der Waals surface area (Å²) in [6, 6.07) is 3.16. The van der Waals surface area contributed by atoms with E-state index in [1.807, 2.05) is 6.92 Å². The fourth-order valence-electron chi connectivity index (χ4n) is 1.77. The largest absolute Gasteiger partial charge is 0.383 e. The zero-order valence-electron chi connectivity index (χ0n) is 11.7. The van der Waals surface area contributed by atoms with Crippen molar-refractivity contribution in [3.8, 4) is 0 Å². The second kappa shape index (κ2) is 8.14. The molecule has 0 amide bonds. The first-order chi connectivity index (χ1) is 9.86. The Kier molecular flexibility index (Phi) is 6.83. The molecule has 8 heteroatoms. The van der Waals surface area contributed by atoms with Crippen LogP contribution in [0.5, 0.6) is 0 Å². The number of likely N-dealkylation sites (N-methyl/N-ethyl adjacent to an activating group) is 1. The number of nitrogens with two attached hydrogens (primary N) is 1. The first-order valence-electron chi connectivity index (χ1n) is 6.53. The zero-order valence-corrected chi connectivity index (χ0v) is 11.7. The van der Waals surface area contributed by atoms with E-state index in [0.29, 0.717) is 18.8 Å². The van der Waals surface area contributed by atoms with Gasteiger partial charge in [0.15, 0.2) is 0 Å². The highest BCUT2D eigenvalue weighted by molar-refractivity contribution is 5.38. The normalized spacial score (nSPS) is 13.6. The zero-order chi connectivity index (χ0) is 15.9. The molecule has 0 aromatic carbocycles. The van der Waals surface area contributed by atoms with Crippen molar-refractivity contribution in [2.24, 2.45) is 0 Å². The van der Waals surface area contributed by atoms with Crippen molar-refractivity contribution in [1.82, 2.24) is 10.3 Å². The Bertz CT molecular complexity index is 432. The molecule has 1 aromatic heterocycles. The minimum absolute atomic E-state index is 0.121. The molecule has 0 spiro atoms. The van der Waals surface area contributed by atoms with E-state index in [1.54, 1.807) is 18.3 Å². The average Bonchev–Trinajstić information content (AvgIpc) is 2.41. The van der Waals surface area contributed by atoms with Gasteiger partial charge in [0.05, 0.1) is 6.61 Å². The molecule has 21 heavy (non-hydrogen) atoms. The van der Waals surface area contributed by atoms with Crippen molar-refractivity contribution >= 4 is 5.82 Å². The van der Waals surface area contributed by atoms with Crippen molar-refractivity contribution in [2.75, 3.05) is 25.5 Å². The number of hydrogen-bond donors (Lipinski definition) is 2. The Morgan fingerprint density at radius 1 is 1.43 bits per heavy atom. The van der Waals surface area contributed by atoms with E-state index < -0.39 is 19.0 Å². The molecule has 1 heterocycles. The predicted octanol–water partition coefficient (Wildman–Crippen LogP) is 2.10. The number of alkyl halides is 4. The number of halogens is 4. The third-order valence-corrected chi connectivity index (χ3v) is 2.82. The number of nitrogens with zero attached hydrogens (tertiary/aromatic N) is 1. The third-order valence-electron chi connectivity index (χ3n) is 2.82. The highest BCUT2D eigenvalue weighted by Crippen LogP contribution is 2.23. The number of aromatic nitrogens is 1. The predicted molar refractivity (Wildman–Crippen MR) is 71.6 cm³/mol. The van der Waals surface area contributed by atoms with Crippen LogP contribution in [0, 0.1) is 0 Å². The number of anilines is 1. The lowest BCUT2D eigenvalue weighted by atomic mass is 10.1. The summed E-state index contributed by atoms with van der Waals surface area (Å²) in [4.78, 5) is 3.93. The molecule has 0 aliphatic rings. The van der Waals surface area contributed by atoms with Gasteiger partial charge >= 0.3 is 12.3 Å². The van der Waals surface area contributed by atoms with Crippen LogP contribution in [0.1, 0.15) is 12.5 Å². The lowest BCUT2D eigenvalue weighted by molar-refractivity contribution is -0.167. The van der Waals surface area contributed by atoms with Gasteiger partial charge in [-0.05, 0) is 24.6 Å². The Hall–Kier alpha value is -1.41. The fourth-order valence-corrected chi connectivity index (χ4v) is 1.77. The van der Waals surface area contributed by atoms with Crippen LogP contribution in [0.4, 0.5) is 23.4 Å². The summed E-state index contributed by atoms with van der Waals surface area (Å²) in [6.07, 6.45) is -1.78. The quantitative estimate of drug-likeness (QED) is 0.686. The molecule has 0 radical (unpaired) electrons. The van der Waals surface area contributed by atoms with E-state index in [2.05, 4.69) is 10.3 Å². The van der Waals surface area contributed by atoms with E-state index in [4.69, 9.17) is 10.5 Å². The van der Waals surface area contributed by atoms with Gasteiger partial charge in [0.25, 0.3) is 0 Å². The molecule has 1 rings (SSSR count). The number of nitrogens with one attached hydrogen (secondary N) is 1. The number of pyridine rings is 1. The monoisotopic (exact) mass is 309 g/mol. The molecule has 0 fully saturated rings. The van der Waals surface area contributed by atoms with Gasteiger partial charge < -0.3 is 15.8 Å². The number of ether oxygens (including phenoxy) is 1. The summed E-state index contributed by atoms with van der Waals surface area (Å²) in [5, 5.41) is 3.03. The maximum Gasteiger partial charge on any atom is 0.330 e. The van der Waals surface area contributed by atoms with Crippen molar-refractivity contribution in [3.63, 3.8) is 0 Å². The molecule has 4 nitrogen and oxygen atoms in total. The summed E-state index contributed by atoms with van der Waals surface area (Å²) in [6.45, 7) is 0.992. The van der Waals surface area contributed by atoms with E-state index >= 15 is 0 Å². The van der Waals surface area contributed by atoms with Crippen LogP contribution in [0.3, 0.4) is 0 Å². The van der Waals surface area contributed by atoms with Crippen molar-refractivity contribution < 1.29 is 22.3 Å². The second-order valence-corrected chi connectivity index (χ2v) is 4.58. The molecule has 120 valence electrons. The van der Waals surface area contributed by atoms with Crippen molar-refractivity contribution in [2.45, 2.75) is 31.7 Å². The number of rotatable bonds is 9. The summed E-state index contributed by atoms with van der Waals surface area (Å²) >= 11 is 0. The van der Waals surface area contributed by atoms with Crippen LogP contribution >= 0.6 is 0 Å². The summed E-state index contributed by atoms with van der Waals surface area (Å²) in [5.74, 6) is -3.79. The Labute approximate surface area is 120 Å². The average molecular weight is 309 g/mol. The lowest BCUT2D eigenvalue weighted by Gasteiger charge is -2.21. The summed E-state index contributed by atoms with van der Waals surface area (Å²) in [5.41, 5.74) is 6.45. The fraction of sp³-hybridized carbons (Fsp3) is 0.615. The van der Waals surface area contributed by atoms with Crippen LogP contribution in [0.2, 0.25) is 0 Å². The Balaban J connectivity index is 2.53. The SMILES string of the molecule is CCNC(COCC(F)(F)C(F)F)Cc1cccnc1N. The third kappa shape index (κ3) is 5.84. The number of hydrogen-bond acceptors (Lipinski definition) is 4. The van der Waals surface area contributed by atoms with Gasteiger partial charge in [-0.25, -0.2) is 13.8 Å². The highest BCUT2D eigenvalue weighted by atomic mass is 19.3. The smallest absolute Gasteiger partial charge is 0.330 e. The lowest BCUT2D eigenvalue weighted by Crippen LogP contribution is -2.39. The first kappa shape index (κ1) is 17.6. The molecule has 3 N–H and O–H groups in total. The molecule has 0 bridgehead atoms. The minimum Gasteiger partial charge on any atom is -0.383 e. The molecule has 1 atom stereocenters. The molecular formula is C13H19F4N3O. The van der Waals surface area contributed by atoms with Crippen LogP contribution in [-0.4, -0.2) is 43.1 Å². The van der Waals surface area contributed by atoms with E-state index in [-0.39, 0.29) is 12.6 Å². The summed E-state index contributed by atoms with van der Waals surface area (Å²) < 4.78 is 54.3. The second-order valence-electron chi connectivity index (χ2n) is 4.58. The first-order valence-corrected chi connectivity index (χ1v) is 6.53. The van der Waals surface area contributed by atoms with Gasteiger partial charge in [-0.15, -0.1) is 0 Å². The van der Waals surface area contributed by atoms with Gasteiger partial charge in [-0.2, -0.15) is 8.78 Å². The molecule has 1 unspecified atom stereocenters. The van der Waals surface area contributed by atoms with Crippen LogP contribution in [0.15, 0.2) is 18.3 Å². The molecule has 0 aliphatic heterocycles. The topological polar surface area (TPSA) is 60.2 Å². The van der Waals surface area contributed by atoms with Crippen LogP contribution in [-0.2, 0) is 11.2 Å².